The van der Waals surface area contributed by atoms with Crippen LogP contribution in [-0.4, -0.2) is 73.4 Å². The number of hydrogen-bond acceptors (Lipinski definition) is 5. The number of hydrogen-bond donors (Lipinski definition) is 3. The summed E-state index contributed by atoms with van der Waals surface area (Å²) in [6, 6.07) is -0.875. The highest BCUT2D eigenvalue weighted by atomic mass is 31.2. The minimum absolute atomic E-state index is 0.0486. The SMILES string of the molecule is CCCCCCCCC/C=C/C/C=C/C/C=C/C/C=C/CCCC(=O)N[C@@H](COP(=O)(O)OCC[N+](C)(C)C)[C@H](O)/C=C/CCCCCCCCCC. The highest BCUT2D eigenvalue weighted by molar-refractivity contribution is 7.47. The maximum Gasteiger partial charge on any atom is 0.472 e. The van der Waals surface area contributed by atoms with E-state index in [-0.39, 0.29) is 25.5 Å². The lowest BCUT2D eigenvalue weighted by Gasteiger charge is -2.25. The molecule has 0 aliphatic rings. The highest BCUT2D eigenvalue weighted by Crippen LogP contribution is 2.43. The zero-order chi connectivity index (χ0) is 39.3. The molecule has 3 atom stereocenters. The Kier molecular flexibility index (Phi) is 34.7. The monoisotopic (exact) mass is 766 g/mol. The number of aliphatic hydroxyl groups is 1. The van der Waals surface area contributed by atoms with Crippen LogP contribution in [0.3, 0.4) is 0 Å². The summed E-state index contributed by atoms with van der Waals surface area (Å²) in [6.45, 7) is 4.72. The Hall–Kier alpha value is -1.80. The van der Waals surface area contributed by atoms with Gasteiger partial charge in [0.25, 0.3) is 0 Å². The number of nitrogens with one attached hydrogen (secondary N) is 1. The maximum absolute atomic E-state index is 12.8. The van der Waals surface area contributed by atoms with Crippen molar-refractivity contribution in [1.29, 1.82) is 0 Å². The van der Waals surface area contributed by atoms with Crippen LogP contribution in [0.2, 0.25) is 0 Å². The highest BCUT2D eigenvalue weighted by Gasteiger charge is 2.27. The van der Waals surface area contributed by atoms with E-state index in [1.165, 1.54) is 89.9 Å². The molecule has 0 saturated heterocycles. The van der Waals surface area contributed by atoms with Crippen LogP contribution in [0.1, 0.15) is 162 Å². The van der Waals surface area contributed by atoms with E-state index in [9.17, 15) is 19.4 Å². The summed E-state index contributed by atoms with van der Waals surface area (Å²) in [5, 5.41) is 13.7. The summed E-state index contributed by atoms with van der Waals surface area (Å²) in [7, 11) is 1.53. The number of nitrogens with zero attached hydrogens (tertiary/aromatic N) is 1. The Labute approximate surface area is 326 Å². The fourth-order valence-electron chi connectivity index (χ4n) is 5.56. The van der Waals surface area contributed by atoms with Gasteiger partial charge in [-0.15, -0.1) is 0 Å². The summed E-state index contributed by atoms with van der Waals surface area (Å²) in [5.41, 5.74) is 0. The van der Waals surface area contributed by atoms with Crippen molar-refractivity contribution in [2.75, 3.05) is 40.9 Å². The number of phosphoric ester groups is 1. The summed E-state index contributed by atoms with van der Waals surface area (Å²) < 4.78 is 23.4. The van der Waals surface area contributed by atoms with E-state index in [1.54, 1.807) is 6.08 Å². The lowest BCUT2D eigenvalue weighted by atomic mass is 10.1. The third kappa shape index (κ3) is 38.3. The third-order valence-electron chi connectivity index (χ3n) is 8.98. The smallest absolute Gasteiger partial charge is 0.387 e. The molecule has 3 N–H and O–H groups in total. The summed E-state index contributed by atoms with van der Waals surface area (Å²) >= 11 is 0. The van der Waals surface area contributed by atoms with Gasteiger partial charge in [-0.3, -0.25) is 13.8 Å². The van der Waals surface area contributed by atoms with Crippen molar-refractivity contribution in [2.24, 2.45) is 0 Å². The number of allylic oxidation sites excluding steroid dienone is 9. The Bertz CT molecular complexity index is 1050. The van der Waals surface area contributed by atoms with Crippen LogP contribution in [0, 0.1) is 0 Å². The zero-order valence-electron chi connectivity index (χ0n) is 34.7. The molecule has 0 aromatic heterocycles. The topological polar surface area (TPSA) is 105 Å². The summed E-state index contributed by atoms with van der Waals surface area (Å²) in [5.74, 6) is -0.236. The number of likely N-dealkylation sites (N-methyl/N-ethyl adjacent to an activating group) is 1. The largest absolute Gasteiger partial charge is 0.472 e. The fourth-order valence-corrected chi connectivity index (χ4v) is 6.30. The molecule has 0 rings (SSSR count). The molecule has 0 bridgehead atoms. The minimum atomic E-state index is -4.35. The first kappa shape index (κ1) is 51.2. The molecule has 53 heavy (non-hydrogen) atoms. The zero-order valence-corrected chi connectivity index (χ0v) is 35.6. The second kappa shape index (κ2) is 35.9. The number of rotatable bonds is 37. The number of carbonyl (C=O) groups is 1. The predicted molar refractivity (Wildman–Crippen MR) is 226 cm³/mol. The lowest BCUT2D eigenvalue weighted by molar-refractivity contribution is -0.870. The molecule has 1 unspecified atom stereocenters. The molecule has 0 aromatic carbocycles. The van der Waals surface area contributed by atoms with Gasteiger partial charge in [0.15, 0.2) is 0 Å². The van der Waals surface area contributed by atoms with Crippen molar-refractivity contribution in [3.8, 4) is 0 Å². The van der Waals surface area contributed by atoms with E-state index in [1.807, 2.05) is 27.2 Å². The molecule has 0 aliphatic heterocycles. The van der Waals surface area contributed by atoms with Crippen molar-refractivity contribution in [3.05, 3.63) is 60.8 Å². The number of unbranched alkanes of at least 4 members (excludes halogenated alkanes) is 16. The fraction of sp³-hybridized carbons (Fsp3) is 0.750. The summed E-state index contributed by atoms with van der Waals surface area (Å²) in [6.07, 6.45) is 45.9. The van der Waals surface area contributed by atoms with Gasteiger partial charge < -0.3 is 19.8 Å². The minimum Gasteiger partial charge on any atom is -0.387 e. The first-order chi connectivity index (χ1) is 25.5. The van der Waals surface area contributed by atoms with Crippen LogP contribution in [0.15, 0.2) is 60.8 Å². The van der Waals surface area contributed by atoms with Gasteiger partial charge in [0.05, 0.1) is 39.9 Å². The molecular weight excluding hydrogens is 683 g/mol. The maximum atomic E-state index is 12.8. The average molecular weight is 766 g/mol. The standard InChI is InChI=1S/C44H81N2O6P/c1-6-8-10-12-14-16-18-19-20-21-22-23-24-25-26-27-28-30-32-34-36-38-44(48)45-42(41-52-53(49,50)51-40-39-46(3,4)5)43(47)37-35-33-31-29-17-15-13-11-9-7-2/h20-21,23-24,26-27,30,32,35,37,42-43,47H,6-19,22,25,28-29,31,33-34,36,38-41H2,1-5H3,(H-,45,48,49,50)/p+1/b21-20+,24-23+,27-26+,32-30+,37-35+/t42-,43+/m0/s1. The van der Waals surface area contributed by atoms with E-state index in [4.69, 9.17) is 9.05 Å². The molecule has 0 radical (unpaired) electrons. The molecule has 308 valence electrons. The Morgan fingerprint density at radius 1 is 0.642 bits per heavy atom. The van der Waals surface area contributed by atoms with Gasteiger partial charge in [0.2, 0.25) is 5.91 Å². The van der Waals surface area contributed by atoms with Crippen molar-refractivity contribution in [2.45, 2.75) is 174 Å². The van der Waals surface area contributed by atoms with Crippen molar-refractivity contribution < 1.29 is 32.9 Å². The van der Waals surface area contributed by atoms with Crippen LogP contribution >= 0.6 is 7.82 Å². The van der Waals surface area contributed by atoms with Crippen LogP contribution in [0.5, 0.6) is 0 Å². The number of amides is 1. The predicted octanol–water partition coefficient (Wildman–Crippen LogP) is 11.5. The molecule has 0 aromatic rings. The lowest BCUT2D eigenvalue weighted by Crippen LogP contribution is -2.45. The van der Waals surface area contributed by atoms with Crippen molar-refractivity contribution in [3.63, 3.8) is 0 Å². The molecule has 9 heteroatoms. The normalized spacial score (nSPS) is 15.1. The van der Waals surface area contributed by atoms with E-state index in [0.29, 0.717) is 17.4 Å². The van der Waals surface area contributed by atoms with Gasteiger partial charge in [0, 0.05) is 6.42 Å². The Morgan fingerprint density at radius 3 is 1.57 bits per heavy atom. The quantitative estimate of drug-likeness (QED) is 0.0252. The molecule has 0 heterocycles. The number of aliphatic hydroxyl groups excluding tert-OH is 1. The van der Waals surface area contributed by atoms with Crippen LogP contribution in [-0.2, 0) is 18.4 Å². The second-order valence-electron chi connectivity index (χ2n) is 15.4. The number of phosphoric acid groups is 1. The first-order valence-electron chi connectivity index (χ1n) is 21.2. The van der Waals surface area contributed by atoms with Gasteiger partial charge in [-0.25, -0.2) is 4.57 Å². The average Bonchev–Trinajstić information content (AvgIpc) is 3.10. The van der Waals surface area contributed by atoms with Gasteiger partial charge >= 0.3 is 7.82 Å². The molecular formula is C44H82N2O6P+. The summed E-state index contributed by atoms with van der Waals surface area (Å²) in [4.78, 5) is 23.0. The van der Waals surface area contributed by atoms with Crippen LogP contribution in [0.4, 0.5) is 0 Å². The molecule has 0 fully saturated rings. The van der Waals surface area contributed by atoms with Crippen LogP contribution in [0.25, 0.3) is 0 Å². The Balaban J connectivity index is 4.50. The molecule has 0 spiro atoms. The van der Waals surface area contributed by atoms with Gasteiger partial charge in [0.1, 0.15) is 13.2 Å². The molecule has 0 aliphatic carbocycles. The second-order valence-corrected chi connectivity index (χ2v) is 16.8. The number of carbonyl (C=O) groups excluding carboxylic acids is 1. The Morgan fingerprint density at radius 2 is 1.08 bits per heavy atom. The van der Waals surface area contributed by atoms with E-state index in [2.05, 4.69) is 67.8 Å². The van der Waals surface area contributed by atoms with E-state index < -0.39 is 20.0 Å². The van der Waals surface area contributed by atoms with Crippen molar-refractivity contribution in [1.82, 2.24) is 5.32 Å². The molecule has 0 saturated carbocycles. The van der Waals surface area contributed by atoms with E-state index >= 15 is 0 Å². The number of quaternary nitrogens is 1. The molecule has 1 amide bonds. The van der Waals surface area contributed by atoms with E-state index in [0.717, 1.165) is 44.9 Å². The molecule has 8 nitrogen and oxygen atoms in total. The van der Waals surface area contributed by atoms with Gasteiger partial charge in [-0.1, -0.05) is 158 Å². The van der Waals surface area contributed by atoms with Gasteiger partial charge in [-0.2, -0.15) is 0 Å². The van der Waals surface area contributed by atoms with Crippen LogP contribution < -0.4 is 5.32 Å². The van der Waals surface area contributed by atoms with Gasteiger partial charge in [-0.05, 0) is 57.8 Å². The third-order valence-corrected chi connectivity index (χ3v) is 9.97. The first-order valence-corrected chi connectivity index (χ1v) is 22.7. The van der Waals surface area contributed by atoms with Crippen molar-refractivity contribution >= 4 is 13.7 Å².